The Morgan fingerprint density at radius 1 is 1.36 bits per heavy atom. The smallest absolute Gasteiger partial charge is 0.418 e. The fourth-order valence-corrected chi connectivity index (χ4v) is 1.81. The van der Waals surface area contributed by atoms with E-state index >= 15 is 0 Å². The van der Waals surface area contributed by atoms with Gasteiger partial charge >= 0.3 is 6.47 Å². The van der Waals surface area contributed by atoms with E-state index in [0.717, 1.165) is 19.3 Å². The zero-order valence-corrected chi connectivity index (χ0v) is 7.06. The van der Waals surface area contributed by atoms with Crippen LogP contribution in [0.2, 0.25) is 0 Å². The van der Waals surface area contributed by atoms with Crippen molar-refractivity contribution >= 4 is 6.47 Å². The molecule has 63 valence electrons. The van der Waals surface area contributed by atoms with Crippen LogP contribution in [0, 0.1) is 0 Å². The molecule has 1 aliphatic carbocycles. The van der Waals surface area contributed by atoms with E-state index in [1.54, 1.807) is 6.47 Å². The topological polar surface area (TPSA) is 26.3 Å². The van der Waals surface area contributed by atoms with Gasteiger partial charge in [0.05, 0.1) is 0 Å². The molecule has 1 saturated carbocycles. The van der Waals surface area contributed by atoms with Gasteiger partial charge in [0.1, 0.15) is 5.60 Å². The van der Waals surface area contributed by atoms with Crippen LogP contribution in [-0.4, -0.2) is 12.1 Å². The molecule has 1 rings (SSSR count). The number of rotatable bonds is 3. The van der Waals surface area contributed by atoms with Crippen LogP contribution in [-0.2, 0) is 9.53 Å². The van der Waals surface area contributed by atoms with Gasteiger partial charge in [-0.05, 0) is 32.1 Å². The summed E-state index contributed by atoms with van der Waals surface area (Å²) in [6, 6.07) is 0. The van der Waals surface area contributed by atoms with Crippen molar-refractivity contribution in [2.75, 3.05) is 0 Å². The molecular formula is C9H15O2. The van der Waals surface area contributed by atoms with E-state index in [-0.39, 0.29) is 5.60 Å². The predicted octanol–water partition coefficient (Wildman–Crippen LogP) is 2.18. The normalized spacial score (nSPS) is 22.6. The second-order valence-corrected chi connectivity index (χ2v) is 3.28. The average Bonchev–Trinajstić information content (AvgIpc) is 2.07. The van der Waals surface area contributed by atoms with Gasteiger partial charge in [0.15, 0.2) is 0 Å². The van der Waals surface area contributed by atoms with Crippen LogP contribution in [0.1, 0.15) is 45.4 Å². The van der Waals surface area contributed by atoms with Crippen molar-refractivity contribution < 1.29 is 9.53 Å². The molecule has 2 nitrogen and oxygen atoms in total. The molecule has 0 heterocycles. The monoisotopic (exact) mass is 155 g/mol. The van der Waals surface area contributed by atoms with Crippen LogP contribution in [0.25, 0.3) is 0 Å². The zero-order valence-electron chi connectivity index (χ0n) is 7.06. The van der Waals surface area contributed by atoms with Crippen molar-refractivity contribution in [2.45, 2.75) is 51.0 Å². The highest BCUT2D eigenvalue weighted by Crippen LogP contribution is 2.33. The third kappa shape index (κ3) is 1.95. The number of carbonyl (C=O) groups excluding carboxylic acids is 1. The van der Waals surface area contributed by atoms with E-state index in [9.17, 15) is 4.79 Å². The minimum atomic E-state index is -0.153. The van der Waals surface area contributed by atoms with Gasteiger partial charge in [-0.2, -0.15) is 0 Å². The molecule has 0 aromatic heterocycles. The molecule has 0 spiro atoms. The lowest BCUT2D eigenvalue weighted by Crippen LogP contribution is -2.33. The Morgan fingerprint density at radius 3 is 2.45 bits per heavy atom. The number of hydrogen-bond donors (Lipinski definition) is 0. The van der Waals surface area contributed by atoms with Crippen molar-refractivity contribution in [3.63, 3.8) is 0 Å². The Kier molecular flexibility index (Phi) is 2.92. The molecular weight excluding hydrogens is 140 g/mol. The molecule has 0 unspecified atom stereocenters. The fraction of sp³-hybridized carbons (Fsp3) is 0.889. The minimum absolute atomic E-state index is 0.153. The Balaban J connectivity index is 2.49. The van der Waals surface area contributed by atoms with E-state index in [1.807, 2.05) is 0 Å². The zero-order chi connectivity index (χ0) is 8.16. The highest BCUT2D eigenvalue weighted by Gasteiger charge is 2.31. The summed E-state index contributed by atoms with van der Waals surface area (Å²) in [6.07, 6.45) is 6.65. The molecule has 0 N–H and O–H groups in total. The first-order valence-corrected chi connectivity index (χ1v) is 4.38. The first-order valence-electron chi connectivity index (χ1n) is 4.38. The van der Waals surface area contributed by atoms with Crippen molar-refractivity contribution in [3.8, 4) is 0 Å². The Hall–Kier alpha value is -0.530. The van der Waals surface area contributed by atoms with Gasteiger partial charge in [-0.3, -0.25) is 0 Å². The van der Waals surface area contributed by atoms with Crippen molar-refractivity contribution in [3.05, 3.63) is 0 Å². The van der Waals surface area contributed by atoms with Crippen molar-refractivity contribution in [1.29, 1.82) is 0 Å². The average molecular weight is 155 g/mol. The van der Waals surface area contributed by atoms with E-state index in [4.69, 9.17) is 4.74 Å². The van der Waals surface area contributed by atoms with Gasteiger partial charge in [-0.25, -0.2) is 4.79 Å². The van der Waals surface area contributed by atoms with E-state index < -0.39 is 0 Å². The molecule has 11 heavy (non-hydrogen) atoms. The Bertz CT molecular complexity index is 126. The van der Waals surface area contributed by atoms with Crippen LogP contribution < -0.4 is 0 Å². The second-order valence-electron chi connectivity index (χ2n) is 3.28. The summed E-state index contributed by atoms with van der Waals surface area (Å²) in [5.74, 6) is 0. The lowest BCUT2D eigenvalue weighted by molar-refractivity contribution is 0.0117. The first-order chi connectivity index (χ1) is 5.33. The molecule has 0 aromatic carbocycles. The van der Waals surface area contributed by atoms with Gasteiger partial charge in [0, 0.05) is 0 Å². The first kappa shape index (κ1) is 8.57. The van der Waals surface area contributed by atoms with Crippen LogP contribution in [0.5, 0.6) is 0 Å². The summed E-state index contributed by atoms with van der Waals surface area (Å²) in [6.45, 7) is 3.65. The molecule has 0 amide bonds. The highest BCUT2D eigenvalue weighted by atomic mass is 16.5. The summed E-state index contributed by atoms with van der Waals surface area (Å²) in [7, 11) is 0. The molecule has 2 heteroatoms. The SMILES string of the molecule is CCC1(O[C]=O)CCCCC1. The largest absolute Gasteiger partial charge is 0.451 e. The third-order valence-electron chi connectivity index (χ3n) is 2.67. The van der Waals surface area contributed by atoms with Gasteiger partial charge in [0.2, 0.25) is 0 Å². The molecule has 0 saturated heterocycles. The lowest BCUT2D eigenvalue weighted by atomic mass is 9.83. The lowest BCUT2D eigenvalue weighted by Gasteiger charge is -2.33. The maximum Gasteiger partial charge on any atom is 0.418 e. The summed E-state index contributed by atoms with van der Waals surface area (Å²) in [5, 5.41) is 0. The van der Waals surface area contributed by atoms with Crippen LogP contribution in [0.4, 0.5) is 0 Å². The predicted molar refractivity (Wildman–Crippen MR) is 42.9 cm³/mol. The van der Waals surface area contributed by atoms with Crippen LogP contribution in [0.3, 0.4) is 0 Å². The Morgan fingerprint density at radius 2 is 2.00 bits per heavy atom. The maximum atomic E-state index is 10.1. The molecule has 0 bridgehead atoms. The summed E-state index contributed by atoms with van der Waals surface area (Å²) < 4.78 is 5.01. The van der Waals surface area contributed by atoms with Crippen LogP contribution in [0.15, 0.2) is 0 Å². The quantitative estimate of drug-likeness (QED) is 0.624. The van der Waals surface area contributed by atoms with Gasteiger partial charge < -0.3 is 4.74 Å². The van der Waals surface area contributed by atoms with E-state index in [2.05, 4.69) is 6.92 Å². The molecule has 1 aliphatic rings. The third-order valence-corrected chi connectivity index (χ3v) is 2.67. The van der Waals surface area contributed by atoms with Crippen LogP contribution >= 0.6 is 0 Å². The summed E-state index contributed by atoms with van der Waals surface area (Å²) >= 11 is 0. The van der Waals surface area contributed by atoms with Crippen molar-refractivity contribution in [1.82, 2.24) is 0 Å². The minimum Gasteiger partial charge on any atom is -0.451 e. The van der Waals surface area contributed by atoms with Crippen molar-refractivity contribution in [2.24, 2.45) is 0 Å². The summed E-state index contributed by atoms with van der Waals surface area (Å²) in [4.78, 5) is 10.1. The molecule has 1 fully saturated rings. The van der Waals surface area contributed by atoms with Gasteiger partial charge in [-0.15, -0.1) is 0 Å². The number of ether oxygens (including phenoxy) is 1. The van der Waals surface area contributed by atoms with Gasteiger partial charge in [0.25, 0.3) is 0 Å². The van der Waals surface area contributed by atoms with E-state index in [1.165, 1.54) is 19.3 Å². The molecule has 0 aromatic rings. The highest BCUT2D eigenvalue weighted by molar-refractivity contribution is 5.39. The molecule has 0 atom stereocenters. The standard InChI is InChI=1S/C9H15O2/c1-2-9(11-8-10)6-4-3-5-7-9/h2-7H2,1H3. The molecule has 0 aliphatic heterocycles. The maximum absolute atomic E-state index is 10.1. The fourth-order valence-electron chi connectivity index (χ4n) is 1.81. The summed E-state index contributed by atoms with van der Waals surface area (Å²) in [5.41, 5.74) is -0.153. The van der Waals surface area contributed by atoms with E-state index in [0.29, 0.717) is 0 Å². The Labute approximate surface area is 67.9 Å². The molecule has 1 radical (unpaired) electrons. The van der Waals surface area contributed by atoms with Gasteiger partial charge in [-0.1, -0.05) is 13.3 Å². The number of hydrogen-bond acceptors (Lipinski definition) is 2. The second kappa shape index (κ2) is 3.74.